The molecule has 24 heavy (non-hydrogen) atoms. The topological polar surface area (TPSA) is 72.7 Å². The maximum Gasteiger partial charge on any atom is 0.244 e. The molecule has 0 spiro atoms. The molecule has 0 bridgehead atoms. The number of benzene rings is 2. The molecule has 0 fully saturated rings. The zero-order valence-corrected chi connectivity index (χ0v) is 14.6. The van der Waals surface area contributed by atoms with Crippen molar-refractivity contribution in [3.8, 4) is 11.4 Å². The fraction of sp³-hybridized carbons (Fsp3) is 0.176. The Morgan fingerprint density at radius 2 is 1.88 bits per heavy atom. The van der Waals surface area contributed by atoms with Crippen molar-refractivity contribution >= 4 is 21.8 Å². The van der Waals surface area contributed by atoms with Gasteiger partial charge in [-0.15, -0.1) is 10.2 Å². The van der Waals surface area contributed by atoms with E-state index in [1.54, 1.807) is 0 Å². The van der Waals surface area contributed by atoms with Gasteiger partial charge in [-0.3, -0.25) is 4.79 Å². The SMILES string of the molecule is CC(NC(=O)Cn1nnc(-c2ccccc2Br)n1)c1ccccc1. The van der Waals surface area contributed by atoms with E-state index in [9.17, 15) is 4.79 Å². The van der Waals surface area contributed by atoms with Crippen LogP contribution in [0, 0.1) is 0 Å². The first kappa shape index (κ1) is 16.3. The summed E-state index contributed by atoms with van der Waals surface area (Å²) in [5, 5.41) is 15.2. The van der Waals surface area contributed by atoms with Gasteiger partial charge in [0.2, 0.25) is 11.7 Å². The molecule has 0 aliphatic carbocycles. The van der Waals surface area contributed by atoms with Gasteiger partial charge in [-0.25, -0.2) is 0 Å². The van der Waals surface area contributed by atoms with Crippen molar-refractivity contribution in [2.75, 3.05) is 0 Å². The summed E-state index contributed by atoms with van der Waals surface area (Å²) in [6.45, 7) is 1.96. The van der Waals surface area contributed by atoms with Crippen LogP contribution in [0.2, 0.25) is 0 Å². The summed E-state index contributed by atoms with van der Waals surface area (Å²) < 4.78 is 0.881. The van der Waals surface area contributed by atoms with E-state index in [1.165, 1.54) is 4.80 Å². The Morgan fingerprint density at radius 1 is 1.17 bits per heavy atom. The van der Waals surface area contributed by atoms with Crippen molar-refractivity contribution < 1.29 is 4.79 Å². The lowest BCUT2D eigenvalue weighted by Crippen LogP contribution is -2.30. The van der Waals surface area contributed by atoms with E-state index in [-0.39, 0.29) is 18.5 Å². The van der Waals surface area contributed by atoms with Crippen molar-refractivity contribution in [2.24, 2.45) is 0 Å². The monoisotopic (exact) mass is 385 g/mol. The normalized spacial score (nSPS) is 11.9. The Kier molecular flexibility index (Phi) is 5.00. The molecule has 7 heteroatoms. The molecule has 0 saturated carbocycles. The molecule has 0 aliphatic heterocycles. The summed E-state index contributed by atoms with van der Waals surface area (Å²) >= 11 is 3.46. The van der Waals surface area contributed by atoms with Gasteiger partial charge in [-0.2, -0.15) is 4.80 Å². The molecule has 0 radical (unpaired) electrons. The molecule has 1 atom stereocenters. The number of amides is 1. The van der Waals surface area contributed by atoms with E-state index < -0.39 is 0 Å². The molecule has 2 aromatic carbocycles. The quantitative estimate of drug-likeness (QED) is 0.732. The van der Waals surface area contributed by atoms with E-state index in [4.69, 9.17) is 0 Å². The van der Waals surface area contributed by atoms with Gasteiger partial charge in [0, 0.05) is 10.0 Å². The number of aromatic nitrogens is 4. The van der Waals surface area contributed by atoms with Crippen LogP contribution in [-0.4, -0.2) is 26.1 Å². The fourth-order valence-electron chi connectivity index (χ4n) is 2.30. The molecule has 6 nitrogen and oxygen atoms in total. The number of carbonyl (C=O) groups excluding carboxylic acids is 1. The number of rotatable bonds is 5. The van der Waals surface area contributed by atoms with E-state index in [2.05, 4.69) is 36.7 Å². The van der Waals surface area contributed by atoms with Gasteiger partial charge >= 0.3 is 0 Å². The molecule has 1 heterocycles. The van der Waals surface area contributed by atoms with Crippen LogP contribution in [0.1, 0.15) is 18.5 Å². The van der Waals surface area contributed by atoms with Crippen molar-refractivity contribution in [2.45, 2.75) is 19.5 Å². The van der Waals surface area contributed by atoms with E-state index in [0.29, 0.717) is 5.82 Å². The fourth-order valence-corrected chi connectivity index (χ4v) is 2.76. The van der Waals surface area contributed by atoms with Gasteiger partial charge in [-0.05, 0) is 29.8 Å². The Balaban J connectivity index is 1.65. The number of hydrogen-bond acceptors (Lipinski definition) is 4. The highest BCUT2D eigenvalue weighted by Gasteiger charge is 2.13. The molecular weight excluding hydrogens is 370 g/mol. The molecule has 1 amide bonds. The highest BCUT2D eigenvalue weighted by molar-refractivity contribution is 9.10. The molecule has 3 rings (SSSR count). The van der Waals surface area contributed by atoms with Crippen LogP contribution in [0.5, 0.6) is 0 Å². The molecule has 0 aliphatic rings. The predicted molar refractivity (Wildman–Crippen MR) is 94.0 cm³/mol. The zero-order valence-electron chi connectivity index (χ0n) is 13.1. The predicted octanol–water partition coefficient (Wildman–Crippen LogP) is 2.98. The standard InChI is InChI=1S/C17H16BrN5O/c1-12(13-7-3-2-4-8-13)19-16(24)11-23-21-17(20-22-23)14-9-5-6-10-15(14)18/h2-10,12H,11H2,1H3,(H,19,24). The lowest BCUT2D eigenvalue weighted by molar-refractivity contribution is -0.122. The second-order valence-electron chi connectivity index (χ2n) is 5.32. The van der Waals surface area contributed by atoms with Gasteiger partial charge < -0.3 is 5.32 Å². The minimum absolute atomic E-state index is 0.0224. The second kappa shape index (κ2) is 7.35. The number of nitrogens with zero attached hydrogens (tertiary/aromatic N) is 4. The molecule has 122 valence electrons. The van der Waals surface area contributed by atoms with Crippen molar-refractivity contribution in [3.63, 3.8) is 0 Å². The van der Waals surface area contributed by atoms with Gasteiger partial charge in [0.1, 0.15) is 6.54 Å². The van der Waals surface area contributed by atoms with Gasteiger partial charge in [0.15, 0.2) is 0 Å². The van der Waals surface area contributed by atoms with E-state index in [0.717, 1.165) is 15.6 Å². The van der Waals surface area contributed by atoms with Gasteiger partial charge in [0.25, 0.3) is 0 Å². The number of carbonyl (C=O) groups is 1. The third-order valence-electron chi connectivity index (χ3n) is 3.53. The molecule has 1 N–H and O–H groups in total. The summed E-state index contributed by atoms with van der Waals surface area (Å²) in [6, 6.07) is 17.3. The van der Waals surface area contributed by atoms with Gasteiger partial charge in [0.05, 0.1) is 6.04 Å². The van der Waals surface area contributed by atoms with E-state index >= 15 is 0 Å². The summed E-state index contributed by atoms with van der Waals surface area (Å²) in [4.78, 5) is 13.5. The van der Waals surface area contributed by atoms with E-state index in [1.807, 2.05) is 61.5 Å². The second-order valence-corrected chi connectivity index (χ2v) is 6.18. The summed E-state index contributed by atoms with van der Waals surface area (Å²) in [5.41, 5.74) is 1.88. The first-order valence-electron chi connectivity index (χ1n) is 7.50. The molecular formula is C17H16BrN5O. The Morgan fingerprint density at radius 3 is 2.62 bits per heavy atom. The minimum Gasteiger partial charge on any atom is -0.348 e. The molecule has 1 aromatic heterocycles. The average Bonchev–Trinajstić information content (AvgIpc) is 3.04. The zero-order chi connectivity index (χ0) is 16.9. The van der Waals surface area contributed by atoms with Crippen LogP contribution >= 0.6 is 15.9 Å². The van der Waals surface area contributed by atoms with Crippen LogP contribution in [0.3, 0.4) is 0 Å². The maximum absolute atomic E-state index is 12.2. The van der Waals surface area contributed by atoms with Crippen LogP contribution in [0.15, 0.2) is 59.1 Å². The lowest BCUT2D eigenvalue weighted by Gasteiger charge is -2.13. The van der Waals surface area contributed by atoms with Crippen molar-refractivity contribution in [1.82, 2.24) is 25.5 Å². The first-order valence-corrected chi connectivity index (χ1v) is 8.30. The Bertz CT molecular complexity index is 834. The third kappa shape index (κ3) is 3.86. The number of nitrogens with one attached hydrogen (secondary N) is 1. The van der Waals surface area contributed by atoms with Crippen molar-refractivity contribution in [3.05, 3.63) is 64.6 Å². The first-order chi connectivity index (χ1) is 11.6. The van der Waals surface area contributed by atoms with Crippen LogP contribution < -0.4 is 5.32 Å². The summed E-state index contributed by atoms with van der Waals surface area (Å²) in [7, 11) is 0. The maximum atomic E-state index is 12.2. The lowest BCUT2D eigenvalue weighted by atomic mass is 10.1. The Hall–Kier alpha value is -2.54. The number of hydrogen-bond donors (Lipinski definition) is 1. The third-order valence-corrected chi connectivity index (χ3v) is 4.22. The minimum atomic E-state index is -0.164. The van der Waals surface area contributed by atoms with Crippen LogP contribution in [0.4, 0.5) is 0 Å². The van der Waals surface area contributed by atoms with Crippen LogP contribution in [-0.2, 0) is 11.3 Å². The largest absolute Gasteiger partial charge is 0.348 e. The molecule has 1 unspecified atom stereocenters. The number of halogens is 1. The highest BCUT2D eigenvalue weighted by atomic mass is 79.9. The average molecular weight is 386 g/mol. The smallest absolute Gasteiger partial charge is 0.244 e. The van der Waals surface area contributed by atoms with Gasteiger partial charge in [-0.1, -0.05) is 58.4 Å². The number of tetrazole rings is 1. The van der Waals surface area contributed by atoms with Crippen molar-refractivity contribution in [1.29, 1.82) is 0 Å². The summed E-state index contributed by atoms with van der Waals surface area (Å²) in [5.74, 6) is 0.314. The van der Waals surface area contributed by atoms with Crippen LogP contribution in [0.25, 0.3) is 11.4 Å². The Labute approximate surface area is 148 Å². The molecule has 3 aromatic rings. The molecule has 0 saturated heterocycles. The highest BCUT2D eigenvalue weighted by Crippen LogP contribution is 2.24. The summed E-state index contributed by atoms with van der Waals surface area (Å²) in [6.07, 6.45) is 0.